The highest BCUT2D eigenvalue weighted by Gasteiger charge is 2.11. The van der Waals surface area contributed by atoms with Crippen LogP contribution in [0.2, 0.25) is 0 Å². The number of carbonyl (C=O) groups is 1. The van der Waals surface area contributed by atoms with Crippen molar-refractivity contribution in [1.82, 2.24) is 9.55 Å². The Morgan fingerprint density at radius 3 is 2.69 bits per heavy atom. The van der Waals surface area contributed by atoms with Gasteiger partial charge in [-0.15, -0.1) is 0 Å². The standard InChI is InChI=1S/C10H7FN2O3/c11-8-5-6(1-2-7(8)9(14)15)13-4-3-12-10(13)16/h1-5H,(H,12,16)(H,14,15). The van der Waals surface area contributed by atoms with Crippen LogP contribution in [0, 0.1) is 5.82 Å². The lowest BCUT2D eigenvalue weighted by Crippen LogP contribution is -2.14. The summed E-state index contributed by atoms with van der Waals surface area (Å²) in [6, 6.07) is 3.48. The SMILES string of the molecule is O=C(O)c1ccc(-n2cc[nH]c2=O)cc1F. The molecule has 0 radical (unpaired) electrons. The van der Waals surface area contributed by atoms with Crippen molar-refractivity contribution in [2.45, 2.75) is 0 Å². The first-order valence-corrected chi connectivity index (χ1v) is 4.39. The fraction of sp³-hybridized carbons (Fsp3) is 0. The highest BCUT2D eigenvalue weighted by Crippen LogP contribution is 2.12. The smallest absolute Gasteiger partial charge is 0.338 e. The number of carboxylic acid groups (broad SMARTS) is 1. The number of hydrogen-bond donors (Lipinski definition) is 2. The number of H-pyrrole nitrogens is 1. The van der Waals surface area contributed by atoms with E-state index < -0.39 is 23.0 Å². The van der Waals surface area contributed by atoms with Crippen LogP contribution in [0.5, 0.6) is 0 Å². The van der Waals surface area contributed by atoms with Crippen LogP contribution in [0.15, 0.2) is 35.4 Å². The van der Waals surface area contributed by atoms with Gasteiger partial charge < -0.3 is 10.1 Å². The van der Waals surface area contributed by atoms with Crippen molar-refractivity contribution in [1.29, 1.82) is 0 Å². The zero-order valence-electron chi connectivity index (χ0n) is 7.98. The average Bonchev–Trinajstić information content (AvgIpc) is 2.63. The van der Waals surface area contributed by atoms with E-state index in [1.165, 1.54) is 23.0 Å². The van der Waals surface area contributed by atoms with Crippen molar-refractivity contribution >= 4 is 5.97 Å². The highest BCUT2D eigenvalue weighted by atomic mass is 19.1. The van der Waals surface area contributed by atoms with Gasteiger partial charge in [-0.1, -0.05) is 0 Å². The Balaban J connectivity index is 2.54. The number of imidazole rings is 1. The maximum Gasteiger partial charge on any atom is 0.338 e. The van der Waals surface area contributed by atoms with E-state index in [9.17, 15) is 14.0 Å². The van der Waals surface area contributed by atoms with Gasteiger partial charge in [0.25, 0.3) is 0 Å². The third-order valence-electron chi connectivity index (χ3n) is 2.11. The van der Waals surface area contributed by atoms with E-state index in [2.05, 4.69) is 4.98 Å². The fourth-order valence-electron chi connectivity index (χ4n) is 1.35. The predicted octanol–water partition coefficient (Wildman–Crippen LogP) is 1.00. The van der Waals surface area contributed by atoms with E-state index >= 15 is 0 Å². The molecule has 0 fully saturated rings. The summed E-state index contributed by atoms with van der Waals surface area (Å²) in [7, 11) is 0. The second-order valence-corrected chi connectivity index (χ2v) is 3.10. The van der Waals surface area contributed by atoms with E-state index in [-0.39, 0.29) is 5.69 Å². The molecule has 2 N–H and O–H groups in total. The number of nitrogens with one attached hydrogen (secondary N) is 1. The van der Waals surface area contributed by atoms with Gasteiger partial charge in [-0.2, -0.15) is 0 Å². The van der Waals surface area contributed by atoms with Crippen molar-refractivity contribution < 1.29 is 14.3 Å². The molecular weight excluding hydrogens is 215 g/mol. The van der Waals surface area contributed by atoms with Gasteiger partial charge in [0.05, 0.1) is 11.3 Å². The Bertz CT molecular complexity index is 600. The maximum absolute atomic E-state index is 13.3. The monoisotopic (exact) mass is 222 g/mol. The molecule has 0 saturated carbocycles. The summed E-state index contributed by atoms with van der Waals surface area (Å²) in [5.74, 6) is -2.22. The topological polar surface area (TPSA) is 75.1 Å². The minimum Gasteiger partial charge on any atom is -0.478 e. The molecule has 2 aromatic rings. The van der Waals surface area contributed by atoms with Crippen LogP contribution >= 0.6 is 0 Å². The molecule has 0 aliphatic carbocycles. The first kappa shape index (κ1) is 10.2. The molecule has 0 unspecified atom stereocenters. The molecule has 2 rings (SSSR count). The summed E-state index contributed by atoms with van der Waals surface area (Å²) in [4.78, 5) is 24.2. The Morgan fingerprint density at radius 2 is 2.19 bits per heavy atom. The largest absolute Gasteiger partial charge is 0.478 e. The first-order chi connectivity index (χ1) is 7.59. The number of hydrogen-bond acceptors (Lipinski definition) is 2. The van der Waals surface area contributed by atoms with Gasteiger partial charge in [-0.3, -0.25) is 4.57 Å². The summed E-state index contributed by atoms with van der Waals surface area (Å²) >= 11 is 0. The summed E-state index contributed by atoms with van der Waals surface area (Å²) in [6.07, 6.45) is 2.84. The van der Waals surface area contributed by atoms with E-state index in [1.54, 1.807) is 0 Å². The number of nitrogens with zero attached hydrogens (tertiary/aromatic N) is 1. The number of halogens is 1. The fourth-order valence-corrected chi connectivity index (χ4v) is 1.35. The number of benzene rings is 1. The molecule has 0 saturated heterocycles. The molecule has 0 bridgehead atoms. The molecule has 5 nitrogen and oxygen atoms in total. The lowest BCUT2D eigenvalue weighted by Gasteiger charge is -2.02. The molecule has 0 aliphatic heterocycles. The van der Waals surface area contributed by atoms with Gasteiger partial charge in [0, 0.05) is 12.4 Å². The average molecular weight is 222 g/mol. The highest BCUT2D eigenvalue weighted by molar-refractivity contribution is 5.88. The van der Waals surface area contributed by atoms with E-state index in [0.717, 1.165) is 12.1 Å². The zero-order valence-corrected chi connectivity index (χ0v) is 7.98. The number of rotatable bonds is 2. The predicted molar refractivity (Wildman–Crippen MR) is 53.3 cm³/mol. The van der Waals surface area contributed by atoms with Crippen LogP contribution < -0.4 is 5.69 Å². The van der Waals surface area contributed by atoms with E-state index in [1.807, 2.05) is 0 Å². The van der Waals surface area contributed by atoms with E-state index in [4.69, 9.17) is 5.11 Å². The first-order valence-electron chi connectivity index (χ1n) is 4.39. The van der Waals surface area contributed by atoms with Gasteiger partial charge >= 0.3 is 11.7 Å². The molecule has 16 heavy (non-hydrogen) atoms. The Hall–Kier alpha value is -2.37. The third-order valence-corrected chi connectivity index (χ3v) is 2.11. The van der Waals surface area contributed by atoms with Crippen molar-refractivity contribution in [2.24, 2.45) is 0 Å². The minimum absolute atomic E-state index is 0.272. The Morgan fingerprint density at radius 1 is 1.44 bits per heavy atom. The van der Waals surface area contributed by atoms with Crippen molar-refractivity contribution in [2.75, 3.05) is 0 Å². The number of carboxylic acids is 1. The van der Waals surface area contributed by atoms with Gasteiger partial charge in [-0.25, -0.2) is 14.0 Å². The van der Waals surface area contributed by atoms with Gasteiger partial charge in [0.15, 0.2) is 0 Å². The van der Waals surface area contributed by atoms with Gasteiger partial charge in [-0.05, 0) is 18.2 Å². The Kier molecular flexibility index (Phi) is 2.32. The lowest BCUT2D eigenvalue weighted by atomic mass is 10.2. The minimum atomic E-state index is -1.34. The summed E-state index contributed by atoms with van der Waals surface area (Å²) in [5.41, 5.74) is -0.566. The van der Waals surface area contributed by atoms with Crippen LogP contribution in [0.4, 0.5) is 4.39 Å². The Labute approximate surface area is 88.8 Å². The second kappa shape index (κ2) is 3.65. The molecule has 0 atom stereocenters. The van der Waals surface area contributed by atoms with Crippen molar-refractivity contribution in [3.63, 3.8) is 0 Å². The number of aromatic carboxylic acids is 1. The molecule has 1 aromatic carbocycles. The normalized spacial score (nSPS) is 10.3. The zero-order chi connectivity index (χ0) is 11.7. The third kappa shape index (κ3) is 1.60. The quantitative estimate of drug-likeness (QED) is 0.796. The molecule has 1 aromatic heterocycles. The maximum atomic E-state index is 13.3. The number of aromatic amines is 1. The molecule has 1 heterocycles. The summed E-state index contributed by atoms with van der Waals surface area (Å²) in [6.45, 7) is 0. The van der Waals surface area contributed by atoms with Crippen molar-refractivity contribution in [3.8, 4) is 5.69 Å². The van der Waals surface area contributed by atoms with Crippen LogP contribution in [-0.2, 0) is 0 Å². The van der Waals surface area contributed by atoms with E-state index in [0.29, 0.717) is 0 Å². The molecule has 82 valence electrons. The van der Waals surface area contributed by atoms with Crippen LogP contribution in [-0.4, -0.2) is 20.6 Å². The van der Waals surface area contributed by atoms with Crippen LogP contribution in [0.3, 0.4) is 0 Å². The van der Waals surface area contributed by atoms with Gasteiger partial charge in [0.2, 0.25) is 0 Å². The van der Waals surface area contributed by atoms with Gasteiger partial charge in [0.1, 0.15) is 5.82 Å². The summed E-state index contributed by atoms with van der Waals surface area (Å²) < 4.78 is 14.5. The molecule has 0 amide bonds. The second-order valence-electron chi connectivity index (χ2n) is 3.10. The van der Waals surface area contributed by atoms with Crippen LogP contribution in [0.1, 0.15) is 10.4 Å². The van der Waals surface area contributed by atoms with Crippen molar-refractivity contribution in [3.05, 3.63) is 52.5 Å². The number of aromatic nitrogens is 2. The lowest BCUT2D eigenvalue weighted by molar-refractivity contribution is 0.0692. The van der Waals surface area contributed by atoms with Crippen LogP contribution in [0.25, 0.3) is 5.69 Å². The molecule has 6 heteroatoms. The molecule has 0 aliphatic rings. The molecular formula is C10H7FN2O3. The molecule has 0 spiro atoms. The summed E-state index contributed by atoms with van der Waals surface area (Å²) in [5, 5.41) is 8.63.